The van der Waals surface area contributed by atoms with Gasteiger partial charge in [-0.05, 0) is 49.2 Å². The maximum Gasteiger partial charge on any atom is 0.293 e. The van der Waals surface area contributed by atoms with Crippen LogP contribution in [-0.2, 0) is 0 Å². The molecule has 0 spiro atoms. The van der Waals surface area contributed by atoms with E-state index in [1.165, 1.54) is 12.1 Å². The van der Waals surface area contributed by atoms with Crippen molar-refractivity contribution in [1.29, 1.82) is 0 Å². The number of hydrogen-bond acceptors (Lipinski definition) is 4. The lowest BCUT2D eigenvalue weighted by Crippen LogP contribution is -2.30. The predicted octanol–water partition coefficient (Wildman–Crippen LogP) is 4.05. The standard InChI is InChI=1S/C18H15FN2O3/c19-13-7-5-12(6-8-13)14-11-17(24-20-14)18(22)21-9-1-3-15(21)16-4-2-10-23-16/h2,4-8,10-11,15H,1,3,9H2. The first-order valence-electron chi connectivity index (χ1n) is 7.79. The highest BCUT2D eigenvalue weighted by atomic mass is 19.1. The van der Waals surface area contributed by atoms with Gasteiger partial charge in [0.15, 0.2) is 0 Å². The van der Waals surface area contributed by atoms with Crippen molar-refractivity contribution in [3.05, 3.63) is 66.1 Å². The van der Waals surface area contributed by atoms with Gasteiger partial charge in [0.25, 0.3) is 5.91 Å². The third-order valence-corrected chi connectivity index (χ3v) is 4.25. The molecule has 1 saturated heterocycles. The van der Waals surface area contributed by atoms with Crippen LogP contribution in [0.25, 0.3) is 11.3 Å². The average molecular weight is 326 g/mol. The van der Waals surface area contributed by atoms with Gasteiger partial charge in [0.05, 0.1) is 12.3 Å². The topological polar surface area (TPSA) is 59.5 Å². The molecule has 1 fully saturated rings. The van der Waals surface area contributed by atoms with Crippen LogP contribution in [0.5, 0.6) is 0 Å². The lowest BCUT2D eigenvalue weighted by molar-refractivity contribution is 0.0677. The van der Waals surface area contributed by atoms with Crippen molar-refractivity contribution in [2.75, 3.05) is 6.54 Å². The van der Waals surface area contributed by atoms with Crippen molar-refractivity contribution in [2.24, 2.45) is 0 Å². The smallest absolute Gasteiger partial charge is 0.293 e. The second-order valence-corrected chi connectivity index (χ2v) is 5.76. The zero-order chi connectivity index (χ0) is 16.5. The molecule has 122 valence electrons. The summed E-state index contributed by atoms with van der Waals surface area (Å²) in [5.74, 6) is 0.415. The second-order valence-electron chi connectivity index (χ2n) is 5.76. The molecule has 1 unspecified atom stereocenters. The Morgan fingerprint density at radius 3 is 2.83 bits per heavy atom. The molecule has 5 nitrogen and oxygen atoms in total. The molecule has 4 rings (SSSR count). The maximum absolute atomic E-state index is 13.0. The molecule has 0 radical (unpaired) electrons. The van der Waals surface area contributed by atoms with E-state index in [4.69, 9.17) is 8.94 Å². The van der Waals surface area contributed by atoms with Gasteiger partial charge in [-0.25, -0.2) is 4.39 Å². The summed E-state index contributed by atoms with van der Waals surface area (Å²) in [4.78, 5) is 14.5. The molecule has 0 bridgehead atoms. The highest BCUT2D eigenvalue weighted by molar-refractivity contribution is 5.92. The highest BCUT2D eigenvalue weighted by Crippen LogP contribution is 2.33. The summed E-state index contributed by atoms with van der Waals surface area (Å²) in [5.41, 5.74) is 1.20. The van der Waals surface area contributed by atoms with Crippen molar-refractivity contribution >= 4 is 5.91 Å². The number of likely N-dealkylation sites (tertiary alicyclic amines) is 1. The van der Waals surface area contributed by atoms with E-state index in [1.807, 2.05) is 12.1 Å². The first kappa shape index (κ1) is 14.7. The number of furan rings is 1. The number of hydrogen-bond donors (Lipinski definition) is 0. The molecule has 0 aliphatic carbocycles. The summed E-state index contributed by atoms with van der Waals surface area (Å²) >= 11 is 0. The minimum atomic E-state index is -0.322. The molecule has 3 heterocycles. The van der Waals surface area contributed by atoms with Crippen LogP contribution in [0.2, 0.25) is 0 Å². The van der Waals surface area contributed by atoms with E-state index in [9.17, 15) is 9.18 Å². The van der Waals surface area contributed by atoms with E-state index in [1.54, 1.807) is 29.4 Å². The van der Waals surface area contributed by atoms with Crippen LogP contribution in [0.3, 0.4) is 0 Å². The first-order valence-corrected chi connectivity index (χ1v) is 7.79. The molecule has 3 aromatic rings. The van der Waals surface area contributed by atoms with Crippen molar-refractivity contribution in [2.45, 2.75) is 18.9 Å². The number of aromatic nitrogens is 1. The van der Waals surface area contributed by atoms with Crippen LogP contribution in [0.1, 0.15) is 35.2 Å². The zero-order valence-electron chi connectivity index (χ0n) is 12.8. The summed E-state index contributed by atoms with van der Waals surface area (Å²) in [7, 11) is 0. The molecule has 0 N–H and O–H groups in total. The molecule has 1 aliphatic rings. The SMILES string of the molecule is O=C(c1cc(-c2ccc(F)cc2)no1)N1CCCC1c1ccco1. The van der Waals surface area contributed by atoms with Crippen LogP contribution < -0.4 is 0 Å². The number of amides is 1. The monoisotopic (exact) mass is 326 g/mol. The van der Waals surface area contributed by atoms with Crippen molar-refractivity contribution < 1.29 is 18.1 Å². The lowest BCUT2D eigenvalue weighted by atomic mass is 10.1. The number of benzene rings is 1. The van der Waals surface area contributed by atoms with Crippen LogP contribution in [0, 0.1) is 5.82 Å². The first-order chi connectivity index (χ1) is 11.7. The van der Waals surface area contributed by atoms with Crippen LogP contribution >= 0.6 is 0 Å². The Morgan fingerprint density at radius 1 is 1.25 bits per heavy atom. The van der Waals surface area contributed by atoms with E-state index >= 15 is 0 Å². The van der Waals surface area contributed by atoms with Crippen molar-refractivity contribution in [3.63, 3.8) is 0 Å². The Morgan fingerprint density at radius 2 is 2.08 bits per heavy atom. The van der Waals surface area contributed by atoms with E-state index in [0.29, 0.717) is 17.8 Å². The van der Waals surface area contributed by atoms with E-state index in [-0.39, 0.29) is 23.5 Å². The van der Waals surface area contributed by atoms with E-state index in [0.717, 1.165) is 18.6 Å². The molecule has 0 saturated carbocycles. The normalized spacial score (nSPS) is 17.4. The van der Waals surface area contributed by atoms with Gasteiger partial charge >= 0.3 is 0 Å². The Balaban J connectivity index is 1.57. The number of halogens is 1. The molecule has 24 heavy (non-hydrogen) atoms. The molecule has 2 aromatic heterocycles. The summed E-state index contributed by atoms with van der Waals surface area (Å²) in [6.45, 7) is 0.650. The third-order valence-electron chi connectivity index (χ3n) is 4.25. The van der Waals surface area contributed by atoms with Crippen LogP contribution in [-0.4, -0.2) is 22.5 Å². The fourth-order valence-corrected chi connectivity index (χ4v) is 3.06. The largest absolute Gasteiger partial charge is 0.467 e. The molecule has 1 aromatic carbocycles. The third kappa shape index (κ3) is 2.60. The minimum Gasteiger partial charge on any atom is -0.467 e. The fraction of sp³-hybridized carbons (Fsp3) is 0.222. The number of rotatable bonds is 3. The quantitative estimate of drug-likeness (QED) is 0.728. The molecule has 1 amide bonds. The van der Waals surface area contributed by atoms with E-state index < -0.39 is 0 Å². The second kappa shape index (κ2) is 5.96. The van der Waals surface area contributed by atoms with Gasteiger partial charge in [0, 0.05) is 18.2 Å². The summed E-state index contributed by atoms with van der Waals surface area (Å²) in [6, 6.07) is 11.1. The molecule has 1 aliphatic heterocycles. The van der Waals surface area contributed by atoms with Crippen molar-refractivity contribution in [3.8, 4) is 11.3 Å². The minimum absolute atomic E-state index is 0.0770. The Kier molecular flexibility index (Phi) is 3.65. The number of carbonyl (C=O) groups is 1. The van der Waals surface area contributed by atoms with Crippen molar-refractivity contribution in [1.82, 2.24) is 10.1 Å². The van der Waals surface area contributed by atoms with Gasteiger partial charge in [-0.2, -0.15) is 0 Å². The molecular weight excluding hydrogens is 311 g/mol. The van der Waals surface area contributed by atoms with Gasteiger partial charge in [-0.1, -0.05) is 5.16 Å². The Labute approximate surface area is 137 Å². The lowest BCUT2D eigenvalue weighted by Gasteiger charge is -2.21. The predicted molar refractivity (Wildman–Crippen MR) is 83.6 cm³/mol. The molecular formula is C18H15FN2O3. The summed E-state index contributed by atoms with van der Waals surface area (Å²) in [6.07, 6.45) is 3.38. The van der Waals surface area contributed by atoms with Crippen LogP contribution in [0.4, 0.5) is 4.39 Å². The van der Waals surface area contributed by atoms with Gasteiger partial charge in [0.2, 0.25) is 5.76 Å². The van der Waals surface area contributed by atoms with Gasteiger partial charge < -0.3 is 13.8 Å². The Hall–Kier alpha value is -2.89. The molecule has 1 atom stereocenters. The van der Waals surface area contributed by atoms with Gasteiger partial charge in [-0.3, -0.25) is 4.79 Å². The van der Waals surface area contributed by atoms with Gasteiger partial charge in [0.1, 0.15) is 17.3 Å². The summed E-state index contributed by atoms with van der Waals surface area (Å²) in [5, 5.41) is 3.93. The summed E-state index contributed by atoms with van der Waals surface area (Å²) < 4.78 is 23.7. The average Bonchev–Trinajstić information content (AvgIpc) is 3.34. The number of nitrogens with zero attached hydrogens (tertiary/aromatic N) is 2. The fourth-order valence-electron chi connectivity index (χ4n) is 3.06. The van der Waals surface area contributed by atoms with Gasteiger partial charge in [-0.15, -0.1) is 0 Å². The highest BCUT2D eigenvalue weighted by Gasteiger charge is 2.34. The van der Waals surface area contributed by atoms with E-state index in [2.05, 4.69) is 5.16 Å². The number of carbonyl (C=O) groups excluding carboxylic acids is 1. The maximum atomic E-state index is 13.0. The Bertz CT molecular complexity index is 840. The zero-order valence-corrected chi connectivity index (χ0v) is 12.8. The van der Waals surface area contributed by atoms with Crippen LogP contribution in [0.15, 0.2) is 57.7 Å². The molecule has 6 heteroatoms.